The van der Waals surface area contributed by atoms with Gasteiger partial charge in [0.15, 0.2) is 11.5 Å². The zero-order valence-electron chi connectivity index (χ0n) is 13.9. The molecule has 0 saturated heterocycles. The van der Waals surface area contributed by atoms with Gasteiger partial charge in [-0.25, -0.2) is 5.43 Å². The first-order valence-corrected chi connectivity index (χ1v) is 9.32. The van der Waals surface area contributed by atoms with Crippen molar-refractivity contribution in [2.24, 2.45) is 5.10 Å². The molecule has 7 heteroatoms. The van der Waals surface area contributed by atoms with Crippen LogP contribution in [-0.2, 0) is 0 Å². The minimum atomic E-state index is -0.293. The molecule has 0 saturated carbocycles. The third-order valence-electron chi connectivity index (χ3n) is 3.12. The van der Waals surface area contributed by atoms with Crippen LogP contribution in [0.4, 0.5) is 0 Å². The minimum Gasteiger partial charge on any atom is -0.490 e. The quantitative estimate of drug-likeness (QED) is 0.469. The van der Waals surface area contributed by atoms with Crippen LogP contribution in [0.1, 0.15) is 29.8 Å². The number of amides is 1. The highest BCUT2D eigenvalue weighted by molar-refractivity contribution is 9.10. The predicted molar refractivity (Wildman–Crippen MR) is 106 cm³/mol. The fraction of sp³-hybridized carbons (Fsp3) is 0.222. The number of hydrazone groups is 1. The van der Waals surface area contributed by atoms with E-state index in [9.17, 15) is 4.79 Å². The second-order valence-corrected chi connectivity index (χ2v) is 6.58. The second kappa shape index (κ2) is 9.58. The lowest BCUT2D eigenvalue weighted by Gasteiger charge is -2.13. The van der Waals surface area contributed by atoms with Gasteiger partial charge in [0.05, 0.1) is 29.5 Å². The highest BCUT2D eigenvalue weighted by atomic mass is 79.9. The molecular weight excluding hydrogens is 452 g/mol. The molecule has 0 atom stereocenters. The number of carbonyl (C=O) groups excluding carboxylic acids is 1. The van der Waals surface area contributed by atoms with Gasteiger partial charge in [0.25, 0.3) is 5.91 Å². The third-order valence-corrected chi connectivity index (χ3v) is 4.40. The molecule has 2 aromatic rings. The van der Waals surface area contributed by atoms with Gasteiger partial charge < -0.3 is 9.47 Å². The fourth-order valence-electron chi connectivity index (χ4n) is 2.08. The zero-order valence-corrected chi connectivity index (χ0v) is 17.1. The first-order chi connectivity index (χ1) is 12.1. The van der Waals surface area contributed by atoms with Crippen LogP contribution < -0.4 is 14.9 Å². The summed E-state index contributed by atoms with van der Waals surface area (Å²) >= 11 is 6.82. The van der Waals surface area contributed by atoms with Crippen LogP contribution in [0.2, 0.25) is 0 Å². The number of hydrogen-bond donors (Lipinski definition) is 1. The summed E-state index contributed by atoms with van der Waals surface area (Å²) in [6, 6.07) is 10.8. The van der Waals surface area contributed by atoms with E-state index in [-0.39, 0.29) is 5.91 Å². The van der Waals surface area contributed by atoms with Crippen molar-refractivity contribution in [3.05, 3.63) is 56.5 Å². The van der Waals surface area contributed by atoms with Crippen molar-refractivity contribution in [3.8, 4) is 11.5 Å². The van der Waals surface area contributed by atoms with Gasteiger partial charge in [0.1, 0.15) is 0 Å². The molecular formula is C18H18Br2N2O3. The molecule has 0 radical (unpaired) electrons. The topological polar surface area (TPSA) is 59.9 Å². The number of carbonyl (C=O) groups is 1. The van der Waals surface area contributed by atoms with Crippen molar-refractivity contribution in [3.63, 3.8) is 0 Å². The molecule has 0 aromatic heterocycles. The molecule has 0 heterocycles. The first-order valence-electron chi connectivity index (χ1n) is 7.73. The van der Waals surface area contributed by atoms with Crippen LogP contribution >= 0.6 is 31.9 Å². The largest absolute Gasteiger partial charge is 0.490 e. The summed E-state index contributed by atoms with van der Waals surface area (Å²) in [6.45, 7) is 4.87. The predicted octanol–water partition coefficient (Wildman–Crippen LogP) is 4.77. The van der Waals surface area contributed by atoms with Crippen LogP contribution in [0.25, 0.3) is 0 Å². The van der Waals surface area contributed by atoms with Gasteiger partial charge in [-0.2, -0.15) is 5.10 Å². The number of nitrogens with one attached hydrogen (secondary N) is 1. The summed E-state index contributed by atoms with van der Waals surface area (Å²) in [5.74, 6) is 0.981. The molecule has 0 unspecified atom stereocenters. The second-order valence-electron chi connectivity index (χ2n) is 4.87. The van der Waals surface area contributed by atoms with Gasteiger partial charge in [-0.05, 0) is 75.5 Å². The monoisotopic (exact) mass is 468 g/mol. The smallest absolute Gasteiger partial charge is 0.272 e. The Kier molecular flexibility index (Phi) is 7.46. The average molecular weight is 470 g/mol. The van der Waals surface area contributed by atoms with Crippen molar-refractivity contribution >= 4 is 44.0 Å². The Labute approximate surface area is 163 Å². The molecule has 0 bridgehead atoms. The molecule has 1 amide bonds. The SMILES string of the molecule is CCOc1cc(/C=N\NC(=O)c2ccccc2Br)cc(Br)c1OCC. The van der Waals surface area contributed by atoms with Crippen LogP contribution in [0, 0.1) is 0 Å². The van der Waals surface area contributed by atoms with E-state index < -0.39 is 0 Å². The molecule has 5 nitrogen and oxygen atoms in total. The van der Waals surface area contributed by atoms with Crippen LogP contribution in [0.15, 0.2) is 50.4 Å². The summed E-state index contributed by atoms with van der Waals surface area (Å²) in [7, 11) is 0. The van der Waals surface area contributed by atoms with Crippen molar-refractivity contribution in [1.82, 2.24) is 5.43 Å². The number of hydrogen-bond acceptors (Lipinski definition) is 4. The van der Waals surface area contributed by atoms with E-state index in [0.717, 1.165) is 10.0 Å². The van der Waals surface area contributed by atoms with Crippen LogP contribution in [-0.4, -0.2) is 25.3 Å². The molecule has 25 heavy (non-hydrogen) atoms. The Morgan fingerprint density at radius 3 is 2.52 bits per heavy atom. The summed E-state index contributed by atoms with van der Waals surface area (Å²) in [5.41, 5.74) is 3.80. The lowest BCUT2D eigenvalue weighted by molar-refractivity contribution is 0.0954. The molecule has 0 aliphatic rings. The zero-order chi connectivity index (χ0) is 18.2. The average Bonchev–Trinajstić information content (AvgIpc) is 2.58. The lowest BCUT2D eigenvalue weighted by atomic mass is 10.2. The van der Waals surface area contributed by atoms with E-state index in [1.54, 1.807) is 24.4 Å². The van der Waals surface area contributed by atoms with Crippen molar-refractivity contribution in [1.29, 1.82) is 0 Å². The molecule has 0 fully saturated rings. The molecule has 2 rings (SSSR count). The first kappa shape index (κ1) is 19.5. The molecule has 1 N–H and O–H groups in total. The third kappa shape index (κ3) is 5.31. The van der Waals surface area contributed by atoms with E-state index in [0.29, 0.717) is 34.7 Å². The number of rotatable bonds is 7. The molecule has 0 spiro atoms. The van der Waals surface area contributed by atoms with Crippen LogP contribution in [0.5, 0.6) is 11.5 Å². The Bertz CT molecular complexity index is 779. The maximum absolute atomic E-state index is 12.1. The summed E-state index contributed by atoms with van der Waals surface area (Å²) in [4.78, 5) is 12.1. The van der Waals surface area contributed by atoms with E-state index in [2.05, 4.69) is 42.4 Å². The van der Waals surface area contributed by atoms with E-state index in [1.807, 2.05) is 32.0 Å². The standard InChI is InChI=1S/C18H18Br2N2O3/c1-3-24-16-10-12(9-15(20)17(16)25-4-2)11-21-22-18(23)13-7-5-6-8-14(13)19/h5-11H,3-4H2,1-2H3,(H,22,23)/b21-11-. The Morgan fingerprint density at radius 2 is 1.84 bits per heavy atom. The highest BCUT2D eigenvalue weighted by Crippen LogP contribution is 2.36. The van der Waals surface area contributed by atoms with Gasteiger partial charge in [0.2, 0.25) is 0 Å². The molecule has 0 aliphatic heterocycles. The minimum absolute atomic E-state index is 0.293. The molecule has 2 aromatic carbocycles. The molecule has 0 aliphatic carbocycles. The normalized spacial score (nSPS) is 10.7. The Hall–Kier alpha value is -1.86. The van der Waals surface area contributed by atoms with Crippen LogP contribution in [0.3, 0.4) is 0 Å². The Balaban J connectivity index is 2.15. The van der Waals surface area contributed by atoms with E-state index in [4.69, 9.17) is 9.47 Å². The van der Waals surface area contributed by atoms with E-state index >= 15 is 0 Å². The lowest BCUT2D eigenvalue weighted by Crippen LogP contribution is -2.18. The molecule has 132 valence electrons. The van der Waals surface area contributed by atoms with Crippen molar-refractivity contribution < 1.29 is 14.3 Å². The van der Waals surface area contributed by atoms with Gasteiger partial charge >= 0.3 is 0 Å². The number of nitrogens with zero attached hydrogens (tertiary/aromatic N) is 1. The maximum atomic E-state index is 12.1. The number of ether oxygens (including phenoxy) is 2. The summed E-state index contributed by atoms with van der Waals surface area (Å²) < 4.78 is 12.7. The fourth-order valence-corrected chi connectivity index (χ4v) is 3.12. The van der Waals surface area contributed by atoms with Gasteiger partial charge in [-0.3, -0.25) is 4.79 Å². The van der Waals surface area contributed by atoms with Gasteiger partial charge in [-0.1, -0.05) is 12.1 Å². The maximum Gasteiger partial charge on any atom is 0.272 e. The van der Waals surface area contributed by atoms with Gasteiger partial charge in [-0.15, -0.1) is 0 Å². The summed E-state index contributed by atoms with van der Waals surface area (Å²) in [5, 5.41) is 4.01. The number of benzene rings is 2. The van der Waals surface area contributed by atoms with E-state index in [1.165, 1.54) is 0 Å². The number of halogens is 2. The van der Waals surface area contributed by atoms with Crippen molar-refractivity contribution in [2.45, 2.75) is 13.8 Å². The van der Waals surface area contributed by atoms with Gasteiger partial charge in [0, 0.05) is 4.47 Å². The summed E-state index contributed by atoms with van der Waals surface area (Å²) in [6.07, 6.45) is 1.55. The Morgan fingerprint density at radius 1 is 1.12 bits per heavy atom. The highest BCUT2D eigenvalue weighted by Gasteiger charge is 2.11. The van der Waals surface area contributed by atoms with Crippen molar-refractivity contribution in [2.75, 3.05) is 13.2 Å².